The Kier molecular flexibility index (Phi) is 4.92. The van der Waals surface area contributed by atoms with E-state index in [9.17, 15) is 14.4 Å². The van der Waals surface area contributed by atoms with E-state index in [1.54, 1.807) is 23.3 Å². The highest BCUT2D eigenvalue weighted by Gasteiger charge is 2.27. The van der Waals surface area contributed by atoms with Crippen molar-refractivity contribution in [1.29, 1.82) is 0 Å². The summed E-state index contributed by atoms with van der Waals surface area (Å²) in [6.07, 6.45) is 4.59. The Bertz CT molecular complexity index is 1060. The van der Waals surface area contributed by atoms with Crippen LogP contribution < -0.4 is 11.2 Å². The first-order valence-corrected chi connectivity index (χ1v) is 9.05. The zero-order valence-electron chi connectivity index (χ0n) is 15.0. The smallest absolute Gasteiger partial charge is 0.328 e. The fourth-order valence-corrected chi connectivity index (χ4v) is 3.27. The molecule has 0 unspecified atom stereocenters. The molecule has 0 saturated carbocycles. The number of carbonyl (C=O) groups excluding carboxylic acids is 1. The van der Waals surface area contributed by atoms with Crippen LogP contribution in [-0.4, -0.2) is 43.6 Å². The molecule has 3 aromatic rings. The van der Waals surface area contributed by atoms with E-state index in [1.165, 1.54) is 16.8 Å². The van der Waals surface area contributed by atoms with Gasteiger partial charge in [0.05, 0.1) is 6.26 Å². The molecule has 0 spiro atoms. The van der Waals surface area contributed by atoms with Gasteiger partial charge in [0.15, 0.2) is 5.76 Å². The molecule has 1 fully saturated rings. The number of aromatic amines is 1. The van der Waals surface area contributed by atoms with E-state index in [1.807, 2.05) is 0 Å². The Hall–Kier alpha value is -3.43. The number of furan rings is 1. The molecule has 10 heteroatoms. The van der Waals surface area contributed by atoms with Crippen molar-refractivity contribution in [2.45, 2.75) is 31.7 Å². The summed E-state index contributed by atoms with van der Waals surface area (Å²) in [6, 6.07) is 4.77. The van der Waals surface area contributed by atoms with Gasteiger partial charge in [0.25, 0.3) is 11.4 Å². The SMILES string of the molecule is O=C(CCn1ccc(=O)[nH]c1=O)N1CCC(c2nnc(-c3ccco3)o2)CC1. The number of nitrogens with zero attached hydrogens (tertiary/aromatic N) is 4. The third kappa shape index (κ3) is 3.80. The van der Waals surface area contributed by atoms with E-state index in [-0.39, 0.29) is 24.8 Å². The van der Waals surface area contributed by atoms with E-state index in [0.717, 1.165) is 12.8 Å². The van der Waals surface area contributed by atoms with Gasteiger partial charge in [-0.15, -0.1) is 10.2 Å². The van der Waals surface area contributed by atoms with Crippen LogP contribution in [-0.2, 0) is 11.3 Å². The topological polar surface area (TPSA) is 127 Å². The molecule has 1 amide bonds. The summed E-state index contributed by atoms with van der Waals surface area (Å²) in [5.41, 5.74) is -0.964. The van der Waals surface area contributed by atoms with Gasteiger partial charge in [-0.1, -0.05) is 0 Å². The van der Waals surface area contributed by atoms with Crippen molar-refractivity contribution in [3.8, 4) is 11.7 Å². The molecule has 3 aromatic heterocycles. The average molecular weight is 385 g/mol. The van der Waals surface area contributed by atoms with Crippen molar-refractivity contribution >= 4 is 5.91 Å². The number of likely N-dealkylation sites (tertiary alicyclic amines) is 1. The molecule has 0 aliphatic carbocycles. The van der Waals surface area contributed by atoms with Crippen LogP contribution in [0.4, 0.5) is 0 Å². The molecule has 146 valence electrons. The number of H-pyrrole nitrogens is 1. The highest BCUT2D eigenvalue weighted by molar-refractivity contribution is 5.76. The number of nitrogens with one attached hydrogen (secondary N) is 1. The second kappa shape index (κ2) is 7.67. The van der Waals surface area contributed by atoms with Crippen LogP contribution in [0.3, 0.4) is 0 Å². The first-order valence-electron chi connectivity index (χ1n) is 9.05. The van der Waals surface area contributed by atoms with Crippen molar-refractivity contribution < 1.29 is 13.6 Å². The maximum Gasteiger partial charge on any atom is 0.328 e. The maximum absolute atomic E-state index is 12.4. The predicted molar refractivity (Wildman–Crippen MR) is 96.5 cm³/mol. The molecule has 10 nitrogen and oxygen atoms in total. The Morgan fingerprint density at radius 1 is 1.21 bits per heavy atom. The molecule has 1 aliphatic rings. The van der Waals surface area contributed by atoms with Gasteiger partial charge in [0.1, 0.15) is 0 Å². The minimum absolute atomic E-state index is 0.0293. The fourth-order valence-electron chi connectivity index (χ4n) is 3.27. The largest absolute Gasteiger partial charge is 0.459 e. The molecule has 1 N–H and O–H groups in total. The summed E-state index contributed by atoms with van der Waals surface area (Å²) in [5, 5.41) is 8.13. The number of rotatable bonds is 5. The summed E-state index contributed by atoms with van der Waals surface area (Å²) < 4.78 is 12.3. The summed E-state index contributed by atoms with van der Waals surface area (Å²) in [4.78, 5) is 39.1. The van der Waals surface area contributed by atoms with Gasteiger partial charge in [0.2, 0.25) is 11.8 Å². The quantitative estimate of drug-likeness (QED) is 0.693. The highest BCUT2D eigenvalue weighted by Crippen LogP contribution is 2.29. The second-order valence-electron chi connectivity index (χ2n) is 6.63. The molecular formula is C18H19N5O5. The van der Waals surface area contributed by atoms with Crippen molar-refractivity contribution in [2.24, 2.45) is 0 Å². The van der Waals surface area contributed by atoms with E-state index >= 15 is 0 Å². The van der Waals surface area contributed by atoms with E-state index in [2.05, 4.69) is 15.2 Å². The van der Waals surface area contributed by atoms with E-state index < -0.39 is 11.2 Å². The summed E-state index contributed by atoms with van der Waals surface area (Å²) in [5.74, 6) is 1.51. The number of aromatic nitrogens is 4. The Morgan fingerprint density at radius 2 is 2.04 bits per heavy atom. The number of aryl methyl sites for hydroxylation is 1. The van der Waals surface area contributed by atoms with Gasteiger partial charge in [-0.3, -0.25) is 14.6 Å². The Morgan fingerprint density at radius 3 is 2.75 bits per heavy atom. The van der Waals surface area contributed by atoms with Crippen LogP contribution in [0.5, 0.6) is 0 Å². The number of piperidine rings is 1. The van der Waals surface area contributed by atoms with Gasteiger partial charge in [-0.25, -0.2) is 4.79 Å². The van der Waals surface area contributed by atoms with Crippen LogP contribution >= 0.6 is 0 Å². The van der Waals surface area contributed by atoms with Crippen molar-refractivity contribution in [1.82, 2.24) is 24.6 Å². The van der Waals surface area contributed by atoms with Crippen molar-refractivity contribution in [2.75, 3.05) is 13.1 Å². The van der Waals surface area contributed by atoms with E-state index in [0.29, 0.717) is 30.6 Å². The molecule has 4 heterocycles. The normalized spacial score (nSPS) is 15.1. The fraction of sp³-hybridized carbons (Fsp3) is 0.389. The highest BCUT2D eigenvalue weighted by atomic mass is 16.4. The number of hydrogen-bond acceptors (Lipinski definition) is 7. The lowest BCUT2D eigenvalue weighted by molar-refractivity contribution is -0.132. The third-order valence-corrected chi connectivity index (χ3v) is 4.83. The molecule has 0 bridgehead atoms. The minimum atomic E-state index is -0.511. The molecule has 1 aliphatic heterocycles. The van der Waals surface area contributed by atoms with Crippen molar-refractivity contribution in [3.05, 3.63) is 57.4 Å². The molecule has 0 atom stereocenters. The molecule has 1 saturated heterocycles. The van der Waals surface area contributed by atoms with Crippen molar-refractivity contribution in [3.63, 3.8) is 0 Å². The standard InChI is InChI=1S/C18H19N5O5/c24-14-5-9-23(18(26)19-14)10-6-15(25)22-7-3-12(4-8-22)16-20-21-17(28-16)13-2-1-11-27-13/h1-2,5,9,11-12H,3-4,6-8,10H2,(H,19,24,26). The maximum atomic E-state index is 12.4. The molecule has 0 radical (unpaired) electrons. The third-order valence-electron chi connectivity index (χ3n) is 4.83. The van der Waals surface area contributed by atoms with Crippen LogP contribution in [0.2, 0.25) is 0 Å². The van der Waals surface area contributed by atoms with Gasteiger partial charge < -0.3 is 18.3 Å². The van der Waals surface area contributed by atoms with Crippen LogP contribution in [0.15, 0.2) is 49.1 Å². The van der Waals surface area contributed by atoms with Gasteiger partial charge >= 0.3 is 5.69 Å². The lowest BCUT2D eigenvalue weighted by Crippen LogP contribution is -2.39. The predicted octanol–water partition coefficient (Wildman–Crippen LogP) is 0.976. The molecule has 4 rings (SSSR count). The first-order chi connectivity index (χ1) is 13.6. The van der Waals surface area contributed by atoms with Gasteiger partial charge in [-0.05, 0) is 25.0 Å². The first kappa shape index (κ1) is 18.0. The van der Waals surface area contributed by atoms with Crippen LogP contribution in [0, 0.1) is 0 Å². The minimum Gasteiger partial charge on any atom is -0.459 e. The summed E-state index contributed by atoms with van der Waals surface area (Å²) in [6.45, 7) is 1.40. The monoisotopic (exact) mass is 385 g/mol. The number of amides is 1. The van der Waals surface area contributed by atoms with Gasteiger partial charge in [0, 0.05) is 44.2 Å². The lowest BCUT2D eigenvalue weighted by atomic mass is 9.96. The second-order valence-corrected chi connectivity index (χ2v) is 6.63. The van der Waals surface area contributed by atoms with Crippen LogP contribution in [0.25, 0.3) is 11.7 Å². The van der Waals surface area contributed by atoms with Gasteiger partial charge in [-0.2, -0.15) is 0 Å². The zero-order chi connectivity index (χ0) is 19.5. The summed E-state index contributed by atoms with van der Waals surface area (Å²) >= 11 is 0. The average Bonchev–Trinajstić information content (AvgIpc) is 3.39. The number of carbonyl (C=O) groups is 1. The number of hydrogen-bond donors (Lipinski definition) is 1. The Balaban J connectivity index is 1.30. The zero-order valence-corrected chi connectivity index (χ0v) is 15.0. The summed E-state index contributed by atoms with van der Waals surface area (Å²) in [7, 11) is 0. The molecule has 0 aromatic carbocycles. The molecule has 28 heavy (non-hydrogen) atoms. The van der Waals surface area contributed by atoms with E-state index in [4.69, 9.17) is 8.83 Å². The van der Waals surface area contributed by atoms with Crippen LogP contribution in [0.1, 0.15) is 31.1 Å². The Labute approximate surface area is 158 Å². The lowest BCUT2D eigenvalue weighted by Gasteiger charge is -2.30. The molecular weight excluding hydrogens is 366 g/mol.